The highest BCUT2D eigenvalue weighted by Gasteiger charge is 2.52. The largest absolute Gasteiger partial charge is 0.476 e. The summed E-state index contributed by atoms with van der Waals surface area (Å²) in [5, 5.41) is 2.57. The summed E-state index contributed by atoms with van der Waals surface area (Å²) in [6, 6.07) is -0.471. The Morgan fingerprint density at radius 3 is 2.91 bits per heavy atom. The van der Waals surface area contributed by atoms with Gasteiger partial charge in [-0.25, -0.2) is 14.3 Å². The zero-order chi connectivity index (χ0) is 24.5. The van der Waals surface area contributed by atoms with E-state index in [-0.39, 0.29) is 37.6 Å². The summed E-state index contributed by atoms with van der Waals surface area (Å²) in [5.41, 5.74) is 6.76. The lowest BCUT2D eigenvalue weighted by atomic mass is 10.0. The van der Waals surface area contributed by atoms with Gasteiger partial charge in [0.15, 0.2) is 11.2 Å². The third kappa shape index (κ3) is 4.96. The number of nitrogens with one attached hydrogen (secondary N) is 1. The van der Waals surface area contributed by atoms with Crippen molar-refractivity contribution in [1.82, 2.24) is 24.8 Å². The molecule has 0 bridgehead atoms. The Kier molecular flexibility index (Phi) is 7.24. The molecule has 4 heterocycles. The Labute approximate surface area is 196 Å². The molecule has 2 aromatic rings. The SMILES string of the molecule is CCOC(=O)N[C@@H](C)CO[P@@]1(=O)OC[C@H]2O[C@@H](n3cnc4c(OCC)nc(N)nc43)[C@@H](C)[C@@H]2O1. The molecule has 0 spiro atoms. The normalized spacial score (nSPS) is 29.5. The first-order valence-corrected chi connectivity index (χ1v) is 12.5. The minimum atomic E-state index is -3.87. The monoisotopic (exact) mass is 500 g/mol. The van der Waals surface area contributed by atoms with Crippen molar-refractivity contribution in [2.75, 3.05) is 32.2 Å². The van der Waals surface area contributed by atoms with Gasteiger partial charge in [-0.15, -0.1) is 0 Å². The van der Waals surface area contributed by atoms with Crippen LogP contribution in [0.25, 0.3) is 11.2 Å². The number of nitrogen functional groups attached to an aromatic ring is 1. The Bertz CT molecular complexity index is 1080. The number of aromatic nitrogens is 4. The number of phosphoric ester groups is 1. The number of carbonyl (C=O) groups excluding carboxylic acids is 1. The van der Waals surface area contributed by atoms with E-state index in [2.05, 4.69) is 20.3 Å². The van der Waals surface area contributed by atoms with Crippen molar-refractivity contribution in [3.63, 3.8) is 0 Å². The topological polar surface area (TPSA) is 171 Å². The summed E-state index contributed by atoms with van der Waals surface area (Å²) in [6.07, 6.45) is -0.611. The molecule has 15 heteroatoms. The predicted octanol–water partition coefficient (Wildman–Crippen LogP) is 2.02. The van der Waals surface area contributed by atoms with E-state index in [1.165, 1.54) is 0 Å². The maximum absolute atomic E-state index is 13.1. The number of anilines is 1. The van der Waals surface area contributed by atoms with Gasteiger partial charge in [-0.1, -0.05) is 6.92 Å². The number of amides is 1. The number of phosphoric acid groups is 1. The maximum atomic E-state index is 13.1. The first-order chi connectivity index (χ1) is 16.2. The summed E-state index contributed by atoms with van der Waals surface area (Å²) in [7, 11) is -3.87. The summed E-state index contributed by atoms with van der Waals surface area (Å²) in [6.45, 7) is 7.67. The van der Waals surface area contributed by atoms with E-state index in [9.17, 15) is 9.36 Å². The highest BCUT2D eigenvalue weighted by atomic mass is 31.2. The third-order valence-corrected chi connectivity index (χ3v) is 6.81. The zero-order valence-electron chi connectivity index (χ0n) is 19.4. The first-order valence-electron chi connectivity index (χ1n) is 11.0. The molecule has 0 radical (unpaired) electrons. The van der Waals surface area contributed by atoms with Crippen LogP contribution >= 0.6 is 7.82 Å². The number of imidazole rings is 1. The van der Waals surface area contributed by atoms with Gasteiger partial charge >= 0.3 is 13.9 Å². The molecule has 34 heavy (non-hydrogen) atoms. The fraction of sp³-hybridized carbons (Fsp3) is 0.684. The smallest absolute Gasteiger partial charge is 0.475 e. The molecule has 0 saturated carbocycles. The molecule has 14 nitrogen and oxygen atoms in total. The molecule has 2 aliphatic rings. The fourth-order valence-corrected chi connectivity index (χ4v) is 5.42. The second-order valence-electron chi connectivity index (χ2n) is 7.94. The van der Waals surface area contributed by atoms with Crippen LogP contribution in [0, 0.1) is 5.92 Å². The molecule has 0 aromatic carbocycles. The molecule has 2 aromatic heterocycles. The Morgan fingerprint density at radius 2 is 2.18 bits per heavy atom. The Balaban J connectivity index is 1.45. The number of alkyl carbamates (subject to hydrolysis) is 1. The Morgan fingerprint density at radius 1 is 1.38 bits per heavy atom. The standard InChI is InChI=1S/C19H29N6O8P/c1-5-28-16-13-15(23-18(20)24-16)25(9-21-13)17-11(4)14-12(32-17)8-31-34(27,33-14)30-7-10(3)22-19(26)29-6-2/h9-12,14,17H,5-8H2,1-4H3,(H,22,26)(H2,20,23,24)/t10-,11-,12+,14-,17+,34-/m0/s1. The molecule has 2 aliphatic heterocycles. The van der Waals surface area contributed by atoms with E-state index in [0.717, 1.165) is 0 Å². The van der Waals surface area contributed by atoms with Crippen molar-refractivity contribution >= 4 is 31.0 Å². The average molecular weight is 500 g/mol. The quantitative estimate of drug-likeness (QED) is 0.506. The van der Waals surface area contributed by atoms with E-state index in [1.54, 1.807) is 24.7 Å². The summed E-state index contributed by atoms with van der Waals surface area (Å²) >= 11 is 0. The minimum Gasteiger partial charge on any atom is -0.476 e. The van der Waals surface area contributed by atoms with Crippen LogP contribution in [0.15, 0.2) is 6.33 Å². The van der Waals surface area contributed by atoms with Crippen LogP contribution in [0.5, 0.6) is 5.88 Å². The van der Waals surface area contributed by atoms with Gasteiger partial charge in [0.05, 0.1) is 38.8 Å². The molecular formula is C19H29N6O8P. The third-order valence-electron chi connectivity index (χ3n) is 5.38. The van der Waals surface area contributed by atoms with Crippen molar-refractivity contribution in [1.29, 1.82) is 0 Å². The van der Waals surface area contributed by atoms with Crippen molar-refractivity contribution in [3.05, 3.63) is 6.33 Å². The molecule has 188 valence electrons. The minimum absolute atomic E-state index is 0.0103. The molecule has 2 fully saturated rings. The molecule has 0 aliphatic carbocycles. The van der Waals surface area contributed by atoms with Crippen LogP contribution in [0.3, 0.4) is 0 Å². The van der Waals surface area contributed by atoms with Gasteiger partial charge in [-0.05, 0) is 20.8 Å². The number of carbonyl (C=O) groups is 1. The molecule has 4 rings (SSSR count). The van der Waals surface area contributed by atoms with Crippen LogP contribution in [0.1, 0.15) is 33.9 Å². The second-order valence-corrected chi connectivity index (χ2v) is 9.56. The van der Waals surface area contributed by atoms with E-state index in [1.807, 2.05) is 13.8 Å². The van der Waals surface area contributed by atoms with Crippen LogP contribution in [-0.4, -0.2) is 70.3 Å². The highest BCUT2D eigenvalue weighted by Crippen LogP contribution is 2.58. The molecule has 1 amide bonds. The predicted molar refractivity (Wildman–Crippen MR) is 118 cm³/mol. The Hall–Kier alpha value is -2.51. The van der Waals surface area contributed by atoms with Gasteiger partial charge in [0.1, 0.15) is 18.4 Å². The van der Waals surface area contributed by atoms with Crippen LogP contribution in [-0.2, 0) is 27.6 Å². The van der Waals surface area contributed by atoms with Crippen molar-refractivity contribution in [3.8, 4) is 5.88 Å². The average Bonchev–Trinajstić information content (AvgIpc) is 3.33. The lowest BCUT2D eigenvalue weighted by Gasteiger charge is -2.31. The van der Waals surface area contributed by atoms with E-state index in [0.29, 0.717) is 17.8 Å². The molecule has 3 N–H and O–H groups in total. The number of ether oxygens (including phenoxy) is 3. The van der Waals surface area contributed by atoms with Crippen molar-refractivity contribution in [2.24, 2.45) is 5.92 Å². The van der Waals surface area contributed by atoms with E-state index >= 15 is 0 Å². The summed E-state index contributed by atoms with van der Waals surface area (Å²) in [4.78, 5) is 24.3. The number of hydrogen-bond donors (Lipinski definition) is 2. The molecule has 2 saturated heterocycles. The summed E-state index contributed by atoms with van der Waals surface area (Å²) < 4.78 is 47.9. The van der Waals surface area contributed by atoms with Crippen LogP contribution in [0.2, 0.25) is 0 Å². The lowest BCUT2D eigenvalue weighted by Crippen LogP contribution is -2.38. The van der Waals surface area contributed by atoms with Crippen molar-refractivity contribution < 1.29 is 37.1 Å². The van der Waals surface area contributed by atoms with Gasteiger partial charge in [-0.2, -0.15) is 9.97 Å². The van der Waals surface area contributed by atoms with E-state index in [4.69, 9.17) is 33.5 Å². The molecular weight excluding hydrogens is 471 g/mol. The van der Waals surface area contributed by atoms with E-state index < -0.39 is 38.4 Å². The zero-order valence-corrected chi connectivity index (χ0v) is 20.3. The van der Waals surface area contributed by atoms with Crippen LogP contribution in [0.4, 0.5) is 10.7 Å². The second kappa shape index (κ2) is 10.0. The first kappa shape index (κ1) is 24.6. The van der Waals surface area contributed by atoms with Gasteiger partial charge in [0.2, 0.25) is 11.8 Å². The highest BCUT2D eigenvalue weighted by molar-refractivity contribution is 7.48. The number of fused-ring (bicyclic) bond motifs is 2. The number of nitrogens with two attached hydrogens (primary N) is 1. The molecule has 0 unspecified atom stereocenters. The number of rotatable bonds is 8. The number of hydrogen-bond acceptors (Lipinski definition) is 12. The van der Waals surface area contributed by atoms with Gasteiger partial charge in [0.25, 0.3) is 0 Å². The van der Waals surface area contributed by atoms with Crippen LogP contribution < -0.4 is 15.8 Å². The summed E-state index contributed by atoms with van der Waals surface area (Å²) in [5.74, 6) is 0.0729. The fourth-order valence-electron chi connectivity index (χ4n) is 3.86. The maximum Gasteiger partial charge on any atom is 0.475 e. The van der Waals surface area contributed by atoms with Gasteiger partial charge in [-0.3, -0.25) is 18.1 Å². The number of nitrogens with zero attached hydrogens (tertiary/aromatic N) is 4. The van der Waals surface area contributed by atoms with Crippen molar-refractivity contribution in [2.45, 2.75) is 52.2 Å². The molecule has 6 atom stereocenters. The lowest BCUT2D eigenvalue weighted by molar-refractivity contribution is -0.0710. The van der Waals surface area contributed by atoms with Gasteiger partial charge in [0, 0.05) is 5.92 Å². The van der Waals surface area contributed by atoms with Gasteiger partial charge < -0.3 is 25.3 Å².